The minimum absolute atomic E-state index is 0.269. The number of aliphatic hydroxyl groups excluding tert-OH is 1. The summed E-state index contributed by atoms with van der Waals surface area (Å²) in [5.74, 6) is 0.768. The molecule has 1 saturated heterocycles. The molecule has 4 heteroatoms. The van der Waals surface area contributed by atoms with Gasteiger partial charge in [0.2, 0.25) is 0 Å². The highest BCUT2D eigenvalue weighted by Crippen LogP contribution is 2.35. The van der Waals surface area contributed by atoms with Crippen molar-refractivity contribution < 1.29 is 9.84 Å². The molecule has 1 atom stereocenters. The molecule has 1 aromatic heterocycles. The number of rotatable bonds is 7. The van der Waals surface area contributed by atoms with Crippen LogP contribution < -0.4 is 4.74 Å². The summed E-state index contributed by atoms with van der Waals surface area (Å²) in [5, 5.41) is 11.7. The van der Waals surface area contributed by atoms with E-state index in [0.29, 0.717) is 6.54 Å². The number of likely N-dealkylation sites (tertiary alicyclic amines) is 1. The summed E-state index contributed by atoms with van der Waals surface area (Å²) in [6.45, 7) is 7.15. The second kappa shape index (κ2) is 11.1. The molecule has 184 valence electrons. The Hall–Kier alpha value is -3.47. The summed E-state index contributed by atoms with van der Waals surface area (Å²) in [6, 6.07) is 27.2. The molecule has 0 amide bonds. The molecule has 0 spiro atoms. The van der Waals surface area contributed by atoms with E-state index in [0.717, 1.165) is 42.6 Å². The lowest BCUT2D eigenvalue weighted by atomic mass is 9.85. The fourth-order valence-corrected chi connectivity index (χ4v) is 5.23. The molecule has 4 nitrogen and oxygen atoms in total. The molecule has 5 rings (SSSR count). The van der Waals surface area contributed by atoms with Crippen LogP contribution in [0.25, 0.3) is 16.5 Å². The zero-order valence-corrected chi connectivity index (χ0v) is 21.2. The van der Waals surface area contributed by atoms with Crippen molar-refractivity contribution in [3.8, 4) is 5.75 Å². The quantitative estimate of drug-likeness (QED) is 0.344. The van der Waals surface area contributed by atoms with Crippen LogP contribution in [0.2, 0.25) is 0 Å². The molecule has 1 aliphatic heterocycles. The van der Waals surface area contributed by atoms with Gasteiger partial charge >= 0.3 is 0 Å². The Labute approximate surface area is 213 Å². The molecule has 0 aliphatic carbocycles. The highest BCUT2D eigenvalue weighted by atomic mass is 16.5. The average molecular weight is 479 g/mol. The van der Waals surface area contributed by atoms with E-state index in [2.05, 4.69) is 72.3 Å². The van der Waals surface area contributed by atoms with Crippen molar-refractivity contribution in [3.63, 3.8) is 0 Å². The van der Waals surface area contributed by atoms with Gasteiger partial charge in [-0.1, -0.05) is 60.2 Å². The van der Waals surface area contributed by atoms with Crippen LogP contribution in [0.3, 0.4) is 0 Å². The van der Waals surface area contributed by atoms with Gasteiger partial charge in [-0.25, -0.2) is 0 Å². The predicted molar refractivity (Wildman–Crippen MR) is 147 cm³/mol. The first-order valence-electron chi connectivity index (χ1n) is 12.8. The van der Waals surface area contributed by atoms with Crippen LogP contribution in [-0.4, -0.2) is 47.3 Å². The minimum Gasteiger partial charge on any atom is -0.490 e. The van der Waals surface area contributed by atoms with E-state index in [1.165, 1.54) is 33.4 Å². The summed E-state index contributed by atoms with van der Waals surface area (Å²) in [4.78, 5) is 6.74. The third-order valence-corrected chi connectivity index (χ3v) is 7.15. The largest absolute Gasteiger partial charge is 0.490 e. The van der Waals surface area contributed by atoms with Crippen molar-refractivity contribution in [3.05, 3.63) is 113 Å². The standard InChI is InChI=1S/C32H34N2O2/c1-23-9-3-5-11-27(23)32(28-12-6-4-10-24(28)2)25-16-19-34(20-17-25)21-26(35)22-36-31-15-7-14-30-29(31)13-8-18-33-30/h3-15,18,26,35H,16-17,19-22H2,1-2H3. The second-order valence-corrected chi connectivity index (χ2v) is 9.70. The third kappa shape index (κ3) is 5.35. The lowest BCUT2D eigenvalue weighted by Crippen LogP contribution is -2.39. The van der Waals surface area contributed by atoms with Gasteiger partial charge in [-0.15, -0.1) is 0 Å². The first kappa shape index (κ1) is 24.2. The van der Waals surface area contributed by atoms with E-state index < -0.39 is 6.10 Å². The number of aryl methyl sites for hydroxylation is 2. The smallest absolute Gasteiger partial charge is 0.128 e. The number of hydrogen-bond donors (Lipinski definition) is 1. The van der Waals surface area contributed by atoms with Crippen molar-refractivity contribution in [2.24, 2.45) is 0 Å². The summed E-state index contributed by atoms with van der Waals surface area (Å²) >= 11 is 0. The van der Waals surface area contributed by atoms with Crippen LogP contribution in [-0.2, 0) is 0 Å². The number of pyridine rings is 1. The zero-order valence-electron chi connectivity index (χ0n) is 21.2. The molecule has 2 heterocycles. The van der Waals surface area contributed by atoms with Crippen LogP contribution in [0.1, 0.15) is 35.1 Å². The lowest BCUT2D eigenvalue weighted by molar-refractivity contribution is 0.0661. The Balaban J connectivity index is 1.27. The minimum atomic E-state index is -0.547. The molecule has 0 bridgehead atoms. The number of aromatic nitrogens is 1. The molecule has 0 radical (unpaired) electrons. The van der Waals surface area contributed by atoms with Gasteiger partial charge < -0.3 is 9.84 Å². The molecule has 1 aliphatic rings. The fourth-order valence-electron chi connectivity index (χ4n) is 5.23. The van der Waals surface area contributed by atoms with E-state index >= 15 is 0 Å². The Morgan fingerprint density at radius 3 is 2.19 bits per heavy atom. The monoisotopic (exact) mass is 478 g/mol. The van der Waals surface area contributed by atoms with Gasteiger partial charge in [0.05, 0.1) is 5.52 Å². The highest BCUT2D eigenvalue weighted by molar-refractivity contribution is 5.85. The van der Waals surface area contributed by atoms with Crippen molar-refractivity contribution >= 4 is 16.5 Å². The maximum atomic E-state index is 10.7. The van der Waals surface area contributed by atoms with E-state index in [1.807, 2.05) is 30.3 Å². The van der Waals surface area contributed by atoms with E-state index in [9.17, 15) is 5.11 Å². The summed E-state index contributed by atoms with van der Waals surface area (Å²) < 4.78 is 6.00. The normalized spacial score (nSPS) is 15.1. The van der Waals surface area contributed by atoms with Gasteiger partial charge in [-0.05, 0) is 78.8 Å². The number of benzene rings is 3. The summed E-state index contributed by atoms with van der Waals surface area (Å²) in [7, 11) is 0. The predicted octanol–water partition coefficient (Wildman–Crippen LogP) is 6.19. The first-order chi connectivity index (χ1) is 17.6. The molecule has 1 fully saturated rings. The van der Waals surface area contributed by atoms with Crippen LogP contribution in [0.4, 0.5) is 0 Å². The van der Waals surface area contributed by atoms with Gasteiger partial charge in [0.1, 0.15) is 18.5 Å². The molecule has 0 saturated carbocycles. The van der Waals surface area contributed by atoms with Crippen molar-refractivity contribution in [1.29, 1.82) is 0 Å². The Bertz CT molecular complexity index is 1310. The van der Waals surface area contributed by atoms with Crippen molar-refractivity contribution in [2.45, 2.75) is 32.8 Å². The number of nitrogens with zero attached hydrogens (tertiary/aromatic N) is 2. The van der Waals surface area contributed by atoms with Gasteiger partial charge in [0.25, 0.3) is 0 Å². The fraction of sp³-hybridized carbons (Fsp3) is 0.281. The number of hydrogen-bond acceptors (Lipinski definition) is 4. The zero-order chi connectivity index (χ0) is 24.9. The van der Waals surface area contributed by atoms with Crippen molar-refractivity contribution in [2.75, 3.05) is 26.2 Å². The number of fused-ring (bicyclic) bond motifs is 1. The lowest BCUT2D eigenvalue weighted by Gasteiger charge is -2.32. The van der Waals surface area contributed by atoms with Gasteiger partial charge in [0.15, 0.2) is 0 Å². The summed E-state index contributed by atoms with van der Waals surface area (Å²) in [6.07, 6.45) is 3.24. The van der Waals surface area contributed by atoms with Crippen LogP contribution in [0, 0.1) is 13.8 Å². The van der Waals surface area contributed by atoms with Crippen LogP contribution in [0.15, 0.2) is 90.6 Å². The van der Waals surface area contributed by atoms with Gasteiger partial charge in [0, 0.05) is 31.2 Å². The van der Waals surface area contributed by atoms with Crippen molar-refractivity contribution in [1.82, 2.24) is 9.88 Å². The van der Waals surface area contributed by atoms with Crippen LogP contribution in [0.5, 0.6) is 5.75 Å². The first-order valence-corrected chi connectivity index (χ1v) is 12.8. The number of piperidine rings is 1. The highest BCUT2D eigenvalue weighted by Gasteiger charge is 2.22. The molecule has 36 heavy (non-hydrogen) atoms. The molecule has 1 N–H and O–H groups in total. The van der Waals surface area contributed by atoms with Gasteiger partial charge in [-0.3, -0.25) is 9.88 Å². The Kier molecular flexibility index (Phi) is 7.45. The molecule has 4 aromatic rings. The summed E-state index contributed by atoms with van der Waals surface area (Å²) in [5.41, 5.74) is 9.06. The van der Waals surface area contributed by atoms with Gasteiger partial charge in [-0.2, -0.15) is 0 Å². The SMILES string of the molecule is Cc1ccccc1C(=C1CCN(CC(O)COc2cccc3ncccc23)CC1)c1ccccc1C. The molecule has 1 unspecified atom stereocenters. The number of β-amino-alcohol motifs (C(OH)–C–C–N with tert-alkyl or cyclic N) is 1. The topological polar surface area (TPSA) is 45.6 Å². The van der Waals surface area contributed by atoms with E-state index in [1.54, 1.807) is 6.20 Å². The maximum absolute atomic E-state index is 10.7. The Morgan fingerprint density at radius 2 is 1.53 bits per heavy atom. The van der Waals surface area contributed by atoms with E-state index in [4.69, 9.17) is 4.74 Å². The maximum Gasteiger partial charge on any atom is 0.128 e. The second-order valence-electron chi connectivity index (χ2n) is 9.70. The van der Waals surface area contributed by atoms with E-state index in [-0.39, 0.29) is 6.61 Å². The Morgan fingerprint density at radius 1 is 0.861 bits per heavy atom. The third-order valence-electron chi connectivity index (χ3n) is 7.15. The number of ether oxygens (including phenoxy) is 1. The molecular formula is C32H34N2O2. The van der Waals surface area contributed by atoms with Crippen LogP contribution >= 0.6 is 0 Å². The average Bonchev–Trinajstić information content (AvgIpc) is 2.90. The number of aliphatic hydroxyl groups is 1. The molecular weight excluding hydrogens is 444 g/mol. The molecule has 3 aromatic carbocycles.